The molecule has 0 radical (unpaired) electrons. The van der Waals surface area contributed by atoms with Gasteiger partial charge < -0.3 is 24.3 Å². The number of rotatable bonds is 9. The Hall–Kier alpha value is -2.77. The average Bonchev–Trinajstić information content (AvgIpc) is 3.16. The van der Waals surface area contributed by atoms with Crippen LogP contribution in [0.25, 0.3) is 0 Å². The van der Waals surface area contributed by atoms with E-state index < -0.39 is 0 Å². The number of aryl methyl sites for hydroxylation is 1. The summed E-state index contributed by atoms with van der Waals surface area (Å²) in [4.78, 5) is 6.48. The fraction of sp³-hybridized carbons (Fsp3) is 0.526. The summed E-state index contributed by atoms with van der Waals surface area (Å²) in [6.07, 6.45) is 3.52. The zero-order chi connectivity index (χ0) is 19.6. The summed E-state index contributed by atoms with van der Waals surface area (Å²) in [5.41, 5.74) is 1.19. The summed E-state index contributed by atoms with van der Waals surface area (Å²) in [6.45, 7) is 4.48. The van der Waals surface area contributed by atoms with Crippen LogP contribution in [0, 0.1) is 0 Å². The van der Waals surface area contributed by atoms with Crippen molar-refractivity contribution < 1.29 is 9.47 Å². The van der Waals surface area contributed by atoms with Gasteiger partial charge in [0, 0.05) is 40.2 Å². The molecule has 0 aliphatic heterocycles. The topological polar surface area (TPSA) is 76.8 Å². The van der Waals surface area contributed by atoms with Crippen molar-refractivity contribution in [2.24, 2.45) is 4.99 Å². The maximum Gasteiger partial charge on any atom is 0.193 e. The van der Waals surface area contributed by atoms with Gasteiger partial charge in [0.05, 0.1) is 14.2 Å². The molecule has 0 spiro atoms. The van der Waals surface area contributed by atoms with Crippen molar-refractivity contribution in [3.05, 3.63) is 35.9 Å². The van der Waals surface area contributed by atoms with Crippen molar-refractivity contribution in [1.82, 2.24) is 25.0 Å². The molecule has 0 aliphatic rings. The molecule has 8 heteroatoms. The molecule has 0 unspecified atom stereocenters. The molecule has 1 aromatic carbocycles. The lowest BCUT2D eigenvalue weighted by Crippen LogP contribution is -2.41. The number of aliphatic imine (C=N–C) groups is 1. The van der Waals surface area contributed by atoms with Gasteiger partial charge in [0.1, 0.15) is 12.2 Å². The molecule has 8 nitrogen and oxygen atoms in total. The van der Waals surface area contributed by atoms with E-state index in [1.807, 2.05) is 19.2 Å². The van der Waals surface area contributed by atoms with E-state index in [4.69, 9.17) is 9.47 Å². The molecule has 0 aliphatic carbocycles. The Bertz CT molecular complexity index is 744. The maximum absolute atomic E-state index is 5.37. The Labute approximate surface area is 161 Å². The average molecular weight is 374 g/mol. The Morgan fingerprint density at radius 1 is 1.26 bits per heavy atom. The summed E-state index contributed by atoms with van der Waals surface area (Å²) in [5.74, 6) is 3.35. The number of guanidine groups is 1. The molecule has 1 N–H and O–H groups in total. The number of methoxy groups -OCH3 is 2. The van der Waals surface area contributed by atoms with E-state index in [0.29, 0.717) is 0 Å². The normalized spacial score (nSPS) is 11.4. The molecule has 0 fully saturated rings. The number of nitrogens with zero attached hydrogens (tertiary/aromatic N) is 5. The number of ether oxygens (including phenoxy) is 2. The van der Waals surface area contributed by atoms with Crippen molar-refractivity contribution in [3.63, 3.8) is 0 Å². The number of likely N-dealkylation sites (N-methyl/N-ethyl adjacent to an activating group) is 1. The van der Waals surface area contributed by atoms with E-state index in [-0.39, 0.29) is 0 Å². The molecule has 0 bridgehead atoms. The van der Waals surface area contributed by atoms with Gasteiger partial charge in [0.25, 0.3) is 0 Å². The van der Waals surface area contributed by atoms with Crippen LogP contribution in [0.2, 0.25) is 0 Å². The molecular formula is C19H30N6O2. The third kappa shape index (κ3) is 5.60. The molecule has 27 heavy (non-hydrogen) atoms. The van der Waals surface area contributed by atoms with Gasteiger partial charge >= 0.3 is 0 Å². The molecule has 0 atom stereocenters. The van der Waals surface area contributed by atoms with Crippen molar-refractivity contribution in [1.29, 1.82) is 0 Å². The van der Waals surface area contributed by atoms with E-state index in [0.717, 1.165) is 55.8 Å². The minimum atomic E-state index is 0.743. The van der Waals surface area contributed by atoms with Crippen LogP contribution in [0.5, 0.6) is 11.5 Å². The molecule has 148 valence electrons. The van der Waals surface area contributed by atoms with E-state index in [1.54, 1.807) is 27.6 Å². The molecule has 1 aromatic heterocycles. The minimum Gasteiger partial charge on any atom is -0.493 e. The van der Waals surface area contributed by atoms with Crippen LogP contribution in [0.15, 0.2) is 29.5 Å². The number of hydrogen-bond acceptors (Lipinski definition) is 5. The first-order valence-electron chi connectivity index (χ1n) is 9.12. The zero-order valence-corrected chi connectivity index (χ0v) is 16.9. The highest BCUT2D eigenvalue weighted by Gasteiger charge is 2.09. The summed E-state index contributed by atoms with van der Waals surface area (Å²) in [7, 11) is 7.13. The standard InChI is InChI=1S/C19H30N6O2/c1-6-18-23-22-14-25(18)12-10-21-19(20-2)24(3)11-9-15-7-8-16(26-4)17(13-15)27-5/h7-8,13-14H,6,9-12H2,1-5H3,(H,20,21). The first-order valence-corrected chi connectivity index (χ1v) is 9.12. The fourth-order valence-electron chi connectivity index (χ4n) is 2.85. The fourth-order valence-corrected chi connectivity index (χ4v) is 2.85. The van der Waals surface area contributed by atoms with Gasteiger partial charge in [-0.3, -0.25) is 4.99 Å². The second-order valence-corrected chi connectivity index (χ2v) is 6.13. The number of hydrogen-bond donors (Lipinski definition) is 1. The summed E-state index contributed by atoms with van der Waals surface area (Å²) in [5, 5.41) is 11.5. The van der Waals surface area contributed by atoms with Crippen LogP contribution in [0.3, 0.4) is 0 Å². The Kier molecular flexibility index (Phi) is 7.91. The van der Waals surface area contributed by atoms with Crippen LogP contribution in [0.4, 0.5) is 0 Å². The molecule has 0 saturated carbocycles. The number of nitrogens with one attached hydrogen (secondary N) is 1. The second kappa shape index (κ2) is 10.4. The highest BCUT2D eigenvalue weighted by Crippen LogP contribution is 2.27. The predicted octanol–water partition coefficient (Wildman–Crippen LogP) is 1.61. The van der Waals surface area contributed by atoms with Crippen LogP contribution >= 0.6 is 0 Å². The van der Waals surface area contributed by atoms with E-state index >= 15 is 0 Å². The second-order valence-electron chi connectivity index (χ2n) is 6.13. The van der Waals surface area contributed by atoms with Gasteiger partial charge in [-0.2, -0.15) is 0 Å². The van der Waals surface area contributed by atoms with Crippen LogP contribution < -0.4 is 14.8 Å². The van der Waals surface area contributed by atoms with Crippen molar-refractivity contribution >= 4 is 5.96 Å². The summed E-state index contributed by atoms with van der Waals surface area (Å²) >= 11 is 0. The Morgan fingerprint density at radius 3 is 2.70 bits per heavy atom. The van der Waals surface area contributed by atoms with Gasteiger partial charge in [0.15, 0.2) is 17.5 Å². The summed E-state index contributed by atoms with van der Waals surface area (Å²) in [6, 6.07) is 6.01. The van der Waals surface area contributed by atoms with Crippen LogP contribution in [0.1, 0.15) is 18.3 Å². The lowest BCUT2D eigenvalue weighted by Gasteiger charge is -2.22. The van der Waals surface area contributed by atoms with Gasteiger partial charge in [-0.1, -0.05) is 13.0 Å². The minimum absolute atomic E-state index is 0.743. The SMILES string of the molecule is CCc1nncn1CCNC(=NC)N(C)CCc1ccc(OC)c(OC)c1. The number of aromatic nitrogens is 3. The van der Waals surface area contributed by atoms with E-state index in [2.05, 4.69) is 43.0 Å². The van der Waals surface area contributed by atoms with Gasteiger partial charge in [0.2, 0.25) is 0 Å². The third-order valence-electron chi connectivity index (χ3n) is 4.40. The van der Waals surface area contributed by atoms with Crippen molar-refractivity contribution in [2.75, 3.05) is 41.4 Å². The molecule has 0 saturated heterocycles. The summed E-state index contributed by atoms with van der Waals surface area (Å²) < 4.78 is 12.7. The molecule has 2 aromatic rings. The predicted molar refractivity (Wildman–Crippen MR) is 107 cm³/mol. The molecule has 2 rings (SSSR count). The first-order chi connectivity index (χ1) is 13.1. The Balaban J connectivity index is 1.85. The van der Waals surface area contributed by atoms with Gasteiger partial charge in [-0.05, 0) is 24.1 Å². The zero-order valence-electron chi connectivity index (χ0n) is 16.9. The third-order valence-corrected chi connectivity index (χ3v) is 4.40. The van der Waals surface area contributed by atoms with Crippen LogP contribution in [-0.2, 0) is 19.4 Å². The molecule has 0 amide bonds. The highest BCUT2D eigenvalue weighted by molar-refractivity contribution is 5.79. The maximum atomic E-state index is 5.37. The van der Waals surface area contributed by atoms with Crippen LogP contribution in [-0.4, -0.2) is 67.0 Å². The van der Waals surface area contributed by atoms with Crippen molar-refractivity contribution in [2.45, 2.75) is 26.3 Å². The van der Waals surface area contributed by atoms with Gasteiger partial charge in [-0.25, -0.2) is 0 Å². The quantitative estimate of drug-likeness (QED) is 0.531. The Morgan fingerprint density at radius 2 is 2.04 bits per heavy atom. The highest BCUT2D eigenvalue weighted by atomic mass is 16.5. The van der Waals surface area contributed by atoms with Crippen molar-refractivity contribution in [3.8, 4) is 11.5 Å². The van der Waals surface area contributed by atoms with Gasteiger partial charge in [-0.15, -0.1) is 10.2 Å². The lowest BCUT2D eigenvalue weighted by atomic mass is 10.1. The number of benzene rings is 1. The smallest absolute Gasteiger partial charge is 0.193 e. The van der Waals surface area contributed by atoms with E-state index in [1.165, 1.54) is 5.56 Å². The molecular weight excluding hydrogens is 344 g/mol. The lowest BCUT2D eigenvalue weighted by molar-refractivity contribution is 0.354. The first kappa shape index (κ1) is 20.5. The van der Waals surface area contributed by atoms with E-state index in [9.17, 15) is 0 Å². The largest absolute Gasteiger partial charge is 0.493 e. The monoisotopic (exact) mass is 374 g/mol. The molecule has 1 heterocycles.